The van der Waals surface area contributed by atoms with E-state index < -0.39 is 6.10 Å². The Balaban J connectivity index is 0.00000625. The highest BCUT2D eigenvalue weighted by Crippen LogP contribution is 2.14. The molecule has 1 aromatic carbocycles. The number of rotatable bonds is 11. The van der Waals surface area contributed by atoms with Crippen LogP contribution in [0, 0.1) is 0 Å². The van der Waals surface area contributed by atoms with Gasteiger partial charge in [-0.2, -0.15) is 0 Å². The number of unbranched alkanes of at least 4 members (excludes halogenated alkanes) is 2. The molecule has 7 heteroatoms. The maximum absolute atomic E-state index is 11.0. The summed E-state index contributed by atoms with van der Waals surface area (Å²) in [7, 11) is 1.41. The third kappa shape index (κ3) is 11.3. The standard InChI is InChI=1S/C19H31N3O3.HI/c1-3-20-19(21-14-9-5-8-12-18(24)25-2)22-15-13-17(23)16-10-6-4-7-11-16;/h4,6-7,10-11,17,23H,3,5,8-9,12-15H2,1-2H3,(H2,20,21,22);1H. The number of carbonyl (C=O) groups excluding carboxylic acids is 1. The normalized spacial score (nSPS) is 12.0. The first-order chi connectivity index (χ1) is 12.2. The van der Waals surface area contributed by atoms with Gasteiger partial charge in [0, 0.05) is 26.1 Å². The van der Waals surface area contributed by atoms with Crippen molar-refractivity contribution in [3.8, 4) is 0 Å². The average Bonchev–Trinajstić information content (AvgIpc) is 2.64. The second-order valence-electron chi connectivity index (χ2n) is 5.79. The minimum absolute atomic E-state index is 0. The number of benzene rings is 1. The maximum Gasteiger partial charge on any atom is 0.305 e. The number of aliphatic imine (C=N–C) groups is 1. The zero-order valence-electron chi connectivity index (χ0n) is 15.7. The van der Waals surface area contributed by atoms with Crippen LogP contribution >= 0.6 is 24.0 Å². The lowest BCUT2D eigenvalue weighted by molar-refractivity contribution is -0.140. The van der Waals surface area contributed by atoms with E-state index in [2.05, 4.69) is 20.4 Å². The van der Waals surface area contributed by atoms with Crippen molar-refractivity contribution in [2.24, 2.45) is 4.99 Å². The summed E-state index contributed by atoms with van der Waals surface area (Å²) in [4.78, 5) is 15.5. The highest BCUT2D eigenvalue weighted by molar-refractivity contribution is 14.0. The van der Waals surface area contributed by atoms with Crippen LogP contribution in [0.25, 0.3) is 0 Å². The van der Waals surface area contributed by atoms with Gasteiger partial charge >= 0.3 is 5.97 Å². The number of nitrogens with zero attached hydrogens (tertiary/aromatic N) is 1. The number of carbonyl (C=O) groups is 1. The van der Waals surface area contributed by atoms with E-state index in [0.29, 0.717) is 25.9 Å². The molecule has 0 aliphatic heterocycles. The Morgan fingerprint density at radius 3 is 2.58 bits per heavy atom. The molecular formula is C19H32IN3O3. The van der Waals surface area contributed by atoms with Crippen LogP contribution in [0.1, 0.15) is 50.7 Å². The molecule has 0 heterocycles. The molecule has 1 atom stereocenters. The largest absolute Gasteiger partial charge is 0.469 e. The molecule has 0 aromatic heterocycles. The quantitative estimate of drug-likeness (QED) is 0.150. The molecule has 1 unspecified atom stereocenters. The van der Waals surface area contributed by atoms with Crippen molar-refractivity contribution < 1.29 is 14.6 Å². The Kier molecular flexibility index (Phi) is 15.0. The zero-order chi connectivity index (χ0) is 18.3. The summed E-state index contributed by atoms with van der Waals surface area (Å²) in [5.74, 6) is 0.603. The van der Waals surface area contributed by atoms with E-state index in [1.807, 2.05) is 37.3 Å². The molecule has 0 aliphatic carbocycles. The lowest BCUT2D eigenvalue weighted by Gasteiger charge is -2.14. The van der Waals surface area contributed by atoms with Gasteiger partial charge in [0.2, 0.25) is 0 Å². The summed E-state index contributed by atoms with van der Waals surface area (Å²) in [6.07, 6.45) is 3.32. The monoisotopic (exact) mass is 477 g/mol. The smallest absolute Gasteiger partial charge is 0.305 e. The summed E-state index contributed by atoms with van der Waals surface area (Å²) in [6.45, 7) is 4.16. The second kappa shape index (κ2) is 15.9. The molecule has 0 saturated heterocycles. The molecule has 148 valence electrons. The van der Waals surface area contributed by atoms with Crippen LogP contribution in [0.2, 0.25) is 0 Å². The Bertz CT molecular complexity index is 512. The summed E-state index contributed by atoms with van der Waals surface area (Å²) < 4.78 is 4.62. The van der Waals surface area contributed by atoms with Gasteiger partial charge in [-0.1, -0.05) is 36.8 Å². The molecule has 26 heavy (non-hydrogen) atoms. The first-order valence-electron chi connectivity index (χ1n) is 8.99. The molecule has 1 aromatic rings. The van der Waals surface area contributed by atoms with Crippen molar-refractivity contribution in [1.29, 1.82) is 0 Å². The van der Waals surface area contributed by atoms with Gasteiger partial charge in [0.05, 0.1) is 13.2 Å². The number of ether oxygens (including phenoxy) is 1. The third-order valence-electron chi connectivity index (χ3n) is 3.78. The first-order valence-corrected chi connectivity index (χ1v) is 8.99. The van der Waals surface area contributed by atoms with Crippen LogP contribution in [0.15, 0.2) is 35.3 Å². The Morgan fingerprint density at radius 2 is 1.92 bits per heavy atom. The Hall–Kier alpha value is -1.35. The lowest BCUT2D eigenvalue weighted by Crippen LogP contribution is -2.38. The fourth-order valence-electron chi connectivity index (χ4n) is 2.36. The molecular weight excluding hydrogens is 445 g/mol. The van der Waals surface area contributed by atoms with Gasteiger partial charge in [0.25, 0.3) is 0 Å². The van der Waals surface area contributed by atoms with Gasteiger partial charge in [-0.25, -0.2) is 0 Å². The first kappa shape index (κ1) is 24.7. The number of hydrogen-bond donors (Lipinski definition) is 3. The molecule has 3 N–H and O–H groups in total. The summed E-state index contributed by atoms with van der Waals surface area (Å²) >= 11 is 0. The summed E-state index contributed by atoms with van der Waals surface area (Å²) in [5.41, 5.74) is 0.928. The Morgan fingerprint density at radius 1 is 1.19 bits per heavy atom. The number of esters is 1. The van der Waals surface area contributed by atoms with Gasteiger partial charge in [0.1, 0.15) is 0 Å². The zero-order valence-corrected chi connectivity index (χ0v) is 18.1. The minimum Gasteiger partial charge on any atom is -0.469 e. The van der Waals surface area contributed by atoms with Crippen molar-refractivity contribution in [3.63, 3.8) is 0 Å². The highest BCUT2D eigenvalue weighted by atomic mass is 127. The second-order valence-corrected chi connectivity index (χ2v) is 5.79. The Labute approximate surface area is 173 Å². The van der Waals surface area contributed by atoms with E-state index in [1.54, 1.807) is 0 Å². The molecule has 0 aliphatic rings. The summed E-state index contributed by atoms with van der Waals surface area (Å²) in [5, 5.41) is 16.6. The van der Waals surface area contributed by atoms with E-state index in [1.165, 1.54) is 7.11 Å². The maximum atomic E-state index is 11.0. The topological polar surface area (TPSA) is 83.0 Å². The van der Waals surface area contributed by atoms with Gasteiger partial charge in [-0.05, 0) is 31.7 Å². The van der Waals surface area contributed by atoms with Crippen molar-refractivity contribution in [2.45, 2.75) is 45.1 Å². The van der Waals surface area contributed by atoms with Gasteiger partial charge < -0.3 is 20.5 Å². The molecule has 0 amide bonds. The predicted molar refractivity (Wildman–Crippen MR) is 116 cm³/mol. The molecule has 0 spiro atoms. The number of aliphatic hydroxyl groups excluding tert-OH is 1. The number of guanidine groups is 1. The van der Waals surface area contributed by atoms with Gasteiger partial charge in [-0.3, -0.25) is 9.79 Å². The summed E-state index contributed by atoms with van der Waals surface area (Å²) in [6, 6.07) is 9.65. The van der Waals surface area contributed by atoms with Crippen LogP contribution in [-0.4, -0.2) is 43.8 Å². The molecule has 0 bridgehead atoms. The predicted octanol–water partition coefficient (Wildman–Crippen LogP) is 3.02. The number of nitrogens with one attached hydrogen (secondary N) is 2. The SMILES string of the molecule is CCNC(=NCCCCCC(=O)OC)NCCC(O)c1ccccc1.I. The number of aliphatic hydroxyl groups is 1. The van der Waals surface area contributed by atoms with E-state index in [9.17, 15) is 9.90 Å². The highest BCUT2D eigenvalue weighted by Gasteiger charge is 2.07. The van der Waals surface area contributed by atoms with Crippen LogP contribution < -0.4 is 10.6 Å². The third-order valence-corrected chi connectivity index (χ3v) is 3.78. The fraction of sp³-hybridized carbons (Fsp3) is 0.579. The van der Waals surface area contributed by atoms with E-state index in [-0.39, 0.29) is 29.9 Å². The molecule has 6 nitrogen and oxygen atoms in total. The van der Waals surface area contributed by atoms with Crippen molar-refractivity contribution in [1.82, 2.24) is 10.6 Å². The van der Waals surface area contributed by atoms with E-state index in [4.69, 9.17) is 0 Å². The van der Waals surface area contributed by atoms with Crippen LogP contribution in [0.4, 0.5) is 0 Å². The van der Waals surface area contributed by atoms with Crippen molar-refractivity contribution in [3.05, 3.63) is 35.9 Å². The van der Waals surface area contributed by atoms with Crippen LogP contribution in [0.3, 0.4) is 0 Å². The van der Waals surface area contributed by atoms with Crippen molar-refractivity contribution >= 4 is 35.9 Å². The molecule has 0 fully saturated rings. The van der Waals surface area contributed by atoms with Gasteiger partial charge in [-0.15, -0.1) is 24.0 Å². The molecule has 0 saturated carbocycles. The molecule has 0 radical (unpaired) electrons. The number of hydrogen-bond acceptors (Lipinski definition) is 4. The number of methoxy groups -OCH3 is 1. The van der Waals surface area contributed by atoms with Gasteiger partial charge in [0.15, 0.2) is 5.96 Å². The van der Waals surface area contributed by atoms with E-state index >= 15 is 0 Å². The fourth-order valence-corrected chi connectivity index (χ4v) is 2.36. The van der Waals surface area contributed by atoms with Crippen LogP contribution in [-0.2, 0) is 9.53 Å². The lowest BCUT2D eigenvalue weighted by atomic mass is 10.1. The average molecular weight is 477 g/mol. The minimum atomic E-state index is -0.477. The van der Waals surface area contributed by atoms with Crippen LogP contribution in [0.5, 0.6) is 0 Å². The number of halogens is 1. The van der Waals surface area contributed by atoms with E-state index in [0.717, 1.165) is 37.3 Å². The molecule has 1 rings (SSSR count). The van der Waals surface area contributed by atoms with Crippen molar-refractivity contribution in [2.75, 3.05) is 26.7 Å².